The second-order valence-corrected chi connectivity index (χ2v) is 6.89. The summed E-state index contributed by atoms with van der Waals surface area (Å²) in [5.74, 6) is -1.04. The maximum Gasteiger partial charge on any atom is 0.319 e. The molecule has 3 N–H and O–H groups in total. The zero-order chi connectivity index (χ0) is 18.8. The third-order valence-corrected chi connectivity index (χ3v) is 4.81. The molecule has 5 nitrogen and oxygen atoms in total. The van der Waals surface area contributed by atoms with E-state index in [2.05, 4.69) is 22.5 Å². The van der Waals surface area contributed by atoms with Crippen molar-refractivity contribution in [3.05, 3.63) is 75.9 Å². The lowest BCUT2D eigenvalue weighted by atomic mass is 9.88. The molecular formula is C19H17Cl2N3O2. The van der Waals surface area contributed by atoms with Gasteiger partial charge in [0.1, 0.15) is 5.92 Å². The number of hydrogen-bond donors (Lipinski definition) is 3. The molecule has 26 heavy (non-hydrogen) atoms. The van der Waals surface area contributed by atoms with E-state index in [0.717, 1.165) is 5.56 Å². The molecule has 0 bridgehead atoms. The number of benzene rings is 2. The summed E-state index contributed by atoms with van der Waals surface area (Å²) in [6.45, 7) is 5.75. The van der Waals surface area contributed by atoms with E-state index in [9.17, 15) is 9.59 Å². The van der Waals surface area contributed by atoms with Gasteiger partial charge >= 0.3 is 6.03 Å². The molecule has 0 saturated carbocycles. The molecule has 1 aliphatic rings. The first-order valence-electron chi connectivity index (χ1n) is 7.94. The fraction of sp³-hybridized carbons (Fsp3) is 0.158. The van der Waals surface area contributed by atoms with Crippen molar-refractivity contribution in [2.75, 3.05) is 5.32 Å². The molecular weight excluding hydrogens is 373 g/mol. The quantitative estimate of drug-likeness (QED) is 0.726. The first-order valence-corrected chi connectivity index (χ1v) is 8.70. The van der Waals surface area contributed by atoms with Gasteiger partial charge in [-0.05, 0) is 36.2 Å². The van der Waals surface area contributed by atoms with Crippen LogP contribution in [0.2, 0.25) is 10.0 Å². The van der Waals surface area contributed by atoms with Gasteiger partial charge in [0.2, 0.25) is 5.91 Å². The van der Waals surface area contributed by atoms with Crippen molar-refractivity contribution < 1.29 is 9.59 Å². The Labute approximate surface area is 161 Å². The summed E-state index contributed by atoms with van der Waals surface area (Å²) in [7, 11) is 0. The lowest BCUT2D eigenvalue weighted by Gasteiger charge is -2.34. The Morgan fingerprint density at radius 2 is 1.92 bits per heavy atom. The highest BCUT2D eigenvalue weighted by atomic mass is 35.5. The Bertz CT molecular complexity index is 898. The molecule has 1 saturated heterocycles. The van der Waals surface area contributed by atoms with E-state index >= 15 is 0 Å². The minimum Gasteiger partial charge on any atom is -0.330 e. The number of urea groups is 1. The summed E-state index contributed by atoms with van der Waals surface area (Å²) < 4.78 is 0. The van der Waals surface area contributed by atoms with Crippen molar-refractivity contribution in [3.63, 3.8) is 0 Å². The minimum atomic E-state index is -0.744. The highest BCUT2D eigenvalue weighted by Gasteiger charge is 2.38. The van der Waals surface area contributed by atoms with Crippen molar-refractivity contribution in [3.8, 4) is 0 Å². The monoisotopic (exact) mass is 389 g/mol. The van der Waals surface area contributed by atoms with Crippen LogP contribution < -0.4 is 16.0 Å². The number of carbonyl (C=O) groups excluding carboxylic acids is 2. The van der Waals surface area contributed by atoms with Crippen LogP contribution in [0.5, 0.6) is 0 Å². The second-order valence-electron chi connectivity index (χ2n) is 6.05. The number of aryl methyl sites for hydroxylation is 1. The highest BCUT2D eigenvalue weighted by molar-refractivity contribution is 6.35. The Morgan fingerprint density at radius 3 is 2.62 bits per heavy atom. The van der Waals surface area contributed by atoms with Crippen LogP contribution in [0.1, 0.15) is 17.2 Å². The van der Waals surface area contributed by atoms with Crippen molar-refractivity contribution >= 4 is 40.8 Å². The maximum absolute atomic E-state index is 13.0. The minimum absolute atomic E-state index is 0.298. The molecule has 3 amide bonds. The average molecular weight is 390 g/mol. The van der Waals surface area contributed by atoms with Crippen LogP contribution in [-0.4, -0.2) is 11.9 Å². The van der Waals surface area contributed by atoms with Crippen molar-refractivity contribution in [2.45, 2.75) is 13.0 Å². The molecule has 1 fully saturated rings. The molecule has 2 atom stereocenters. The molecule has 0 aliphatic carbocycles. The van der Waals surface area contributed by atoms with Crippen molar-refractivity contribution in [2.24, 2.45) is 5.92 Å². The second kappa shape index (κ2) is 7.40. The van der Waals surface area contributed by atoms with Gasteiger partial charge in [-0.25, -0.2) is 4.79 Å². The Hall–Kier alpha value is -2.50. The van der Waals surface area contributed by atoms with E-state index in [0.29, 0.717) is 27.0 Å². The van der Waals surface area contributed by atoms with Crippen molar-refractivity contribution in [1.29, 1.82) is 0 Å². The predicted octanol–water partition coefficient (Wildman–Crippen LogP) is 4.42. The molecule has 0 aromatic heterocycles. The van der Waals surface area contributed by atoms with Gasteiger partial charge in [-0.1, -0.05) is 54.0 Å². The van der Waals surface area contributed by atoms with Gasteiger partial charge < -0.3 is 16.0 Å². The van der Waals surface area contributed by atoms with Crippen molar-refractivity contribution in [1.82, 2.24) is 10.6 Å². The van der Waals surface area contributed by atoms with Crippen LogP contribution in [0.15, 0.2) is 54.7 Å². The number of para-hydroxylation sites is 1. The molecule has 1 aliphatic heterocycles. The molecule has 0 radical (unpaired) electrons. The van der Waals surface area contributed by atoms with Crippen LogP contribution in [0.25, 0.3) is 0 Å². The standard InChI is InChI=1S/C19H17Cl2N3O2/c1-10-5-3-4-6-15(10)23-18(25)16-11(2)22-19(26)24-17(16)13-8-7-12(20)9-14(13)21/h3-9,16-17H,2H2,1H3,(H,23,25)(H2,22,24,26). The highest BCUT2D eigenvalue weighted by Crippen LogP contribution is 2.35. The summed E-state index contributed by atoms with van der Waals surface area (Å²) >= 11 is 12.3. The summed E-state index contributed by atoms with van der Waals surface area (Å²) in [6, 6.07) is 11.3. The fourth-order valence-electron chi connectivity index (χ4n) is 2.93. The SMILES string of the molecule is C=C1NC(=O)NC(c2ccc(Cl)cc2Cl)C1C(=O)Nc1ccccc1C. The summed E-state index contributed by atoms with van der Waals surface area (Å²) in [5, 5.41) is 9.06. The zero-order valence-electron chi connectivity index (χ0n) is 14.0. The van der Waals surface area contributed by atoms with Gasteiger partial charge in [-0.15, -0.1) is 0 Å². The van der Waals surface area contributed by atoms with Crippen LogP contribution >= 0.6 is 23.2 Å². The Kier molecular flexibility index (Phi) is 5.20. The van der Waals surface area contributed by atoms with Gasteiger partial charge in [0, 0.05) is 21.4 Å². The number of amides is 3. The number of hydrogen-bond acceptors (Lipinski definition) is 2. The van der Waals surface area contributed by atoms with Gasteiger partial charge in [0.25, 0.3) is 0 Å². The molecule has 2 unspecified atom stereocenters. The Balaban J connectivity index is 1.95. The van der Waals surface area contributed by atoms with Gasteiger partial charge in [0.05, 0.1) is 6.04 Å². The van der Waals surface area contributed by atoms with Gasteiger partial charge in [-0.3, -0.25) is 4.79 Å². The smallest absolute Gasteiger partial charge is 0.319 e. The number of anilines is 1. The number of halogens is 2. The van der Waals surface area contributed by atoms with E-state index in [-0.39, 0.29) is 5.91 Å². The molecule has 0 spiro atoms. The number of rotatable bonds is 3. The molecule has 134 valence electrons. The third-order valence-electron chi connectivity index (χ3n) is 4.25. The average Bonchev–Trinajstić information content (AvgIpc) is 2.56. The first-order chi connectivity index (χ1) is 12.4. The lowest BCUT2D eigenvalue weighted by Crippen LogP contribution is -2.51. The maximum atomic E-state index is 13.0. The number of carbonyl (C=O) groups is 2. The molecule has 1 heterocycles. The van der Waals surface area contributed by atoms with E-state index in [1.165, 1.54) is 0 Å². The topological polar surface area (TPSA) is 70.2 Å². The van der Waals surface area contributed by atoms with E-state index in [1.54, 1.807) is 18.2 Å². The van der Waals surface area contributed by atoms with Crippen LogP contribution in [0.3, 0.4) is 0 Å². The normalized spacial score (nSPS) is 19.5. The first kappa shape index (κ1) is 18.3. The molecule has 2 aromatic rings. The van der Waals surface area contributed by atoms with E-state index < -0.39 is 18.0 Å². The lowest BCUT2D eigenvalue weighted by molar-refractivity contribution is -0.119. The summed E-state index contributed by atoms with van der Waals surface area (Å²) in [5.41, 5.74) is 2.52. The Morgan fingerprint density at radius 1 is 1.19 bits per heavy atom. The fourth-order valence-corrected chi connectivity index (χ4v) is 3.46. The van der Waals surface area contributed by atoms with Gasteiger partial charge in [0.15, 0.2) is 0 Å². The zero-order valence-corrected chi connectivity index (χ0v) is 15.5. The van der Waals surface area contributed by atoms with E-state index in [4.69, 9.17) is 23.2 Å². The largest absolute Gasteiger partial charge is 0.330 e. The molecule has 7 heteroatoms. The molecule has 2 aromatic carbocycles. The van der Waals surface area contributed by atoms with Crippen LogP contribution in [-0.2, 0) is 4.79 Å². The number of nitrogens with one attached hydrogen (secondary N) is 3. The van der Waals surface area contributed by atoms with Gasteiger partial charge in [-0.2, -0.15) is 0 Å². The van der Waals surface area contributed by atoms with Crippen LogP contribution in [0.4, 0.5) is 10.5 Å². The predicted molar refractivity (Wildman–Crippen MR) is 103 cm³/mol. The summed E-state index contributed by atoms with van der Waals surface area (Å²) in [6.07, 6.45) is 0. The van der Waals surface area contributed by atoms with E-state index in [1.807, 2.05) is 31.2 Å². The molecule has 3 rings (SSSR count). The van der Waals surface area contributed by atoms with Crippen LogP contribution in [0, 0.1) is 12.8 Å². The summed E-state index contributed by atoms with van der Waals surface area (Å²) in [4.78, 5) is 24.9. The third kappa shape index (κ3) is 3.69.